The standard InChI is InChI=1S/C15H15NO/c17-15-8-4-7-14-12(15)9-10-13(16-14)11-5-2-1-3-6-11/h1-3,5-6,9-10,13,16H,4,7-8H2/t13-/m0/s1. The summed E-state index contributed by atoms with van der Waals surface area (Å²) < 4.78 is 0. The van der Waals surface area contributed by atoms with Gasteiger partial charge in [0.05, 0.1) is 6.04 Å². The molecule has 1 aliphatic carbocycles. The number of carbonyl (C=O) groups is 1. The minimum Gasteiger partial charge on any atom is -0.377 e. The van der Waals surface area contributed by atoms with Gasteiger partial charge in [0.2, 0.25) is 0 Å². The molecule has 0 amide bonds. The second-order valence-corrected chi connectivity index (χ2v) is 4.56. The van der Waals surface area contributed by atoms with Crippen LogP contribution in [0.1, 0.15) is 30.9 Å². The summed E-state index contributed by atoms with van der Waals surface area (Å²) in [5.74, 6) is 0.279. The molecular weight excluding hydrogens is 210 g/mol. The third kappa shape index (κ3) is 1.91. The van der Waals surface area contributed by atoms with Gasteiger partial charge < -0.3 is 5.32 Å². The van der Waals surface area contributed by atoms with Crippen LogP contribution in [0.5, 0.6) is 0 Å². The van der Waals surface area contributed by atoms with Gasteiger partial charge in [-0.1, -0.05) is 42.5 Å². The molecule has 2 nitrogen and oxygen atoms in total. The summed E-state index contributed by atoms with van der Waals surface area (Å²) in [6, 6.07) is 10.5. The highest BCUT2D eigenvalue weighted by molar-refractivity contribution is 5.99. The van der Waals surface area contributed by atoms with Crippen LogP contribution in [0, 0.1) is 0 Å². The molecule has 1 aromatic carbocycles. The van der Waals surface area contributed by atoms with E-state index in [4.69, 9.17) is 0 Å². The van der Waals surface area contributed by atoms with Crippen molar-refractivity contribution in [2.45, 2.75) is 25.3 Å². The molecule has 0 bridgehead atoms. The number of rotatable bonds is 1. The maximum Gasteiger partial charge on any atom is 0.164 e. The molecule has 1 aromatic rings. The molecule has 17 heavy (non-hydrogen) atoms. The lowest BCUT2D eigenvalue weighted by Crippen LogP contribution is -2.27. The Morgan fingerprint density at radius 2 is 1.94 bits per heavy atom. The fourth-order valence-electron chi connectivity index (χ4n) is 2.49. The van der Waals surface area contributed by atoms with E-state index in [2.05, 4.69) is 23.5 Å². The zero-order chi connectivity index (χ0) is 11.7. The number of nitrogens with one attached hydrogen (secondary N) is 1. The van der Waals surface area contributed by atoms with Gasteiger partial charge >= 0.3 is 0 Å². The van der Waals surface area contributed by atoms with E-state index in [-0.39, 0.29) is 11.8 Å². The molecule has 1 aliphatic heterocycles. The van der Waals surface area contributed by atoms with E-state index in [9.17, 15) is 4.79 Å². The van der Waals surface area contributed by atoms with Crippen molar-refractivity contribution in [3.63, 3.8) is 0 Å². The van der Waals surface area contributed by atoms with Crippen LogP contribution >= 0.6 is 0 Å². The van der Waals surface area contributed by atoms with Crippen LogP contribution in [0.2, 0.25) is 0 Å². The predicted octanol–water partition coefficient (Wildman–Crippen LogP) is 2.89. The second-order valence-electron chi connectivity index (χ2n) is 4.56. The predicted molar refractivity (Wildman–Crippen MR) is 67.3 cm³/mol. The molecule has 86 valence electrons. The third-order valence-corrected chi connectivity index (χ3v) is 3.40. The fourth-order valence-corrected chi connectivity index (χ4v) is 2.49. The summed E-state index contributed by atoms with van der Waals surface area (Å²) in [5.41, 5.74) is 3.26. The molecule has 1 N–H and O–H groups in total. The van der Waals surface area contributed by atoms with Crippen molar-refractivity contribution in [1.29, 1.82) is 0 Å². The van der Waals surface area contributed by atoms with Crippen LogP contribution in [0.3, 0.4) is 0 Å². The van der Waals surface area contributed by atoms with Crippen LogP contribution in [0.15, 0.2) is 53.8 Å². The molecule has 0 saturated heterocycles. The molecule has 3 rings (SSSR count). The number of benzene rings is 1. The van der Waals surface area contributed by atoms with E-state index in [1.807, 2.05) is 24.3 Å². The average molecular weight is 225 g/mol. The van der Waals surface area contributed by atoms with Gasteiger partial charge in [-0.25, -0.2) is 0 Å². The van der Waals surface area contributed by atoms with Gasteiger partial charge in [-0.2, -0.15) is 0 Å². The van der Waals surface area contributed by atoms with Crippen molar-refractivity contribution in [1.82, 2.24) is 5.32 Å². The van der Waals surface area contributed by atoms with E-state index in [1.54, 1.807) is 0 Å². The van der Waals surface area contributed by atoms with Gasteiger partial charge in [-0.05, 0) is 18.4 Å². The molecule has 0 spiro atoms. The molecule has 0 saturated carbocycles. The van der Waals surface area contributed by atoms with E-state index in [0.717, 1.165) is 24.1 Å². The van der Waals surface area contributed by atoms with Crippen molar-refractivity contribution in [3.05, 3.63) is 59.3 Å². The number of allylic oxidation sites excluding steroid dienone is 3. The Hall–Kier alpha value is -1.83. The van der Waals surface area contributed by atoms with Crippen LogP contribution < -0.4 is 5.32 Å². The lowest BCUT2D eigenvalue weighted by atomic mass is 9.90. The highest BCUT2D eigenvalue weighted by atomic mass is 16.1. The summed E-state index contributed by atoms with van der Waals surface area (Å²) in [7, 11) is 0. The molecule has 2 heteroatoms. The Bertz CT molecular complexity index is 499. The van der Waals surface area contributed by atoms with Crippen molar-refractivity contribution in [2.75, 3.05) is 0 Å². The molecule has 0 radical (unpaired) electrons. The van der Waals surface area contributed by atoms with E-state index in [0.29, 0.717) is 6.42 Å². The highest BCUT2D eigenvalue weighted by Crippen LogP contribution is 2.29. The number of hydrogen-bond acceptors (Lipinski definition) is 2. The Balaban J connectivity index is 1.88. The number of Topliss-reactive ketones (excluding diaryl/α,β-unsaturated/α-hetero) is 1. The average Bonchev–Trinajstić information content (AvgIpc) is 2.40. The summed E-state index contributed by atoms with van der Waals surface area (Å²) >= 11 is 0. The van der Waals surface area contributed by atoms with E-state index >= 15 is 0 Å². The minimum atomic E-state index is 0.209. The quantitative estimate of drug-likeness (QED) is 0.796. The topological polar surface area (TPSA) is 29.1 Å². The first kappa shape index (κ1) is 10.3. The normalized spacial score (nSPS) is 23.3. The van der Waals surface area contributed by atoms with Gasteiger partial charge in [0, 0.05) is 17.7 Å². The van der Waals surface area contributed by atoms with Crippen molar-refractivity contribution in [3.8, 4) is 0 Å². The molecule has 0 unspecified atom stereocenters. The van der Waals surface area contributed by atoms with Crippen molar-refractivity contribution < 1.29 is 4.79 Å². The number of carbonyl (C=O) groups excluding carboxylic acids is 1. The Morgan fingerprint density at radius 1 is 1.12 bits per heavy atom. The molecule has 1 atom stereocenters. The molecule has 1 heterocycles. The zero-order valence-electron chi connectivity index (χ0n) is 9.65. The first-order valence-corrected chi connectivity index (χ1v) is 6.10. The molecule has 0 fully saturated rings. The summed E-state index contributed by atoms with van der Waals surface area (Å²) in [6.45, 7) is 0. The Labute approximate surface area is 101 Å². The van der Waals surface area contributed by atoms with Gasteiger partial charge in [0.1, 0.15) is 0 Å². The number of ketones is 1. The summed E-state index contributed by atoms with van der Waals surface area (Å²) in [5, 5.41) is 3.47. The summed E-state index contributed by atoms with van der Waals surface area (Å²) in [6.07, 6.45) is 6.73. The number of hydrogen-bond donors (Lipinski definition) is 1. The Kier molecular flexibility index (Phi) is 2.56. The number of dihydropyridines is 1. The highest BCUT2D eigenvalue weighted by Gasteiger charge is 2.23. The maximum atomic E-state index is 11.7. The van der Waals surface area contributed by atoms with Crippen LogP contribution in [-0.4, -0.2) is 5.78 Å². The lowest BCUT2D eigenvalue weighted by Gasteiger charge is -2.27. The minimum absolute atomic E-state index is 0.209. The smallest absolute Gasteiger partial charge is 0.164 e. The van der Waals surface area contributed by atoms with Gasteiger partial charge in [-0.15, -0.1) is 0 Å². The van der Waals surface area contributed by atoms with E-state index < -0.39 is 0 Å². The van der Waals surface area contributed by atoms with Gasteiger partial charge in [0.25, 0.3) is 0 Å². The fraction of sp³-hybridized carbons (Fsp3) is 0.267. The monoisotopic (exact) mass is 225 g/mol. The van der Waals surface area contributed by atoms with Crippen LogP contribution in [0.4, 0.5) is 0 Å². The van der Waals surface area contributed by atoms with E-state index in [1.165, 1.54) is 5.56 Å². The first-order valence-electron chi connectivity index (χ1n) is 6.10. The lowest BCUT2D eigenvalue weighted by molar-refractivity contribution is -0.115. The molecule has 0 aromatic heterocycles. The third-order valence-electron chi connectivity index (χ3n) is 3.40. The van der Waals surface area contributed by atoms with Gasteiger partial charge in [0.15, 0.2) is 5.78 Å². The van der Waals surface area contributed by atoms with Crippen molar-refractivity contribution >= 4 is 5.78 Å². The SMILES string of the molecule is O=C1CCCC2=C1C=C[C@@H](c1ccccc1)N2. The first-order chi connectivity index (χ1) is 8.34. The maximum absolute atomic E-state index is 11.7. The van der Waals surface area contributed by atoms with Crippen LogP contribution in [0.25, 0.3) is 0 Å². The molecular formula is C15H15NO. The zero-order valence-corrected chi connectivity index (χ0v) is 9.65. The van der Waals surface area contributed by atoms with Crippen LogP contribution in [-0.2, 0) is 4.79 Å². The van der Waals surface area contributed by atoms with Crippen molar-refractivity contribution in [2.24, 2.45) is 0 Å². The largest absolute Gasteiger partial charge is 0.377 e. The second kappa shape index (κ2) is 4.21. The Morgan fingerprint density at radius 3 is 2.76 bits per heavy atom. The van der Waals surface area contributed by atoms with Gasteiger partial charge in [-0.3, -0.25) is 4.79 Å². The summed E-state index contributed by atoms with van der Waals surface area (Å²) in [4.78, 5) is 11.7. The molecule has 2 aliphatic rings.